The van der Waals surface area contributed by atoms with Crippen molar-refractivity contribution in [1.82, 2.24) is 5.32 Å². The van der Waals surface area contributed by atoms with E-state index in [0.717, 1.165) is 0 Å². The van der Waals surface area contributed by atoms with Crippen LogP contribution < -0.4 is 11.1 Å². The average molecular weight is 183 g/mol. The highest BCUT2D eigenvalue weighted by atomic mass is 16.2. The minimum atomic E-state index is -0.546. The molecule has 4 heteroatoms. The molecule has 0 aliphatic carbocycles. The molecule has 4 nitrogen and oxygen atoms in total. The first-order chi connectivity index (χ1) is 5.94. The predicted molar refractivity (Wildman–Crippen MR) is 50.6 cm³/mol. The number of hydrogen-bond donors (Lipinski definition) is 2. The van der Waals surface area contributed by atoms with Gasteiger partial charge in [0.25, 0.3) is 0 Å². The Morgan fingerprint density at radius 3 is 2.62 bits per heavy atom. The Hall–Kier alpha value is -1.08. The van der Waals surface area contributed by atoms with Crippen LogP contribution in [-0.2, 0) is 4.79 Å². The third-order valence-electron chi connectivity index (χ3n) is 1.91. The molecule has 1 amide bonds. The number of carbonyl (C=O) groups excluding carboxylic acids is 1. The van der Waals surface area contributed by atoms with Crippen LogP contribution in [0.25, 0.3) is 0 Å². The van der Waals surface area contributed by atoms with E-state index in [1.807, 2.05) is 6.07 Å². The largest absolute Gasteiger partial charge is 0.354 e. The van der Waals surface area contributed by atoms with Gasteiger partial charge < -0.3 is 11.1 Å². The van der Waals surface area contributed by atoms with Crippen LogP contribution in [0.1, 0.15) is 20.8 Å². The van der Waals surface area contributed by atoms with Crippen molar-refractivity contribution >= 4 is 5.91 Å². The Morgan fingerprint density at radius 1 is 1.69 bits per heavy atom. The molecule has 0 aliphatic heterocycles. The lowest BCUT2D eigenvalue weighted by atomic mass is 9.92. The molecule has 0 aromatic rings. The predicted octanol–water partition coefficient (Wildman–Crippen LogP) is 0.247. The Morgan fingerprint density at radius 2 is 2.23 bits per heavy atom. The fraction of sp³-hybridized carbons (Fsp3) is 0.778. The zero-order chi connectivity index (χ0) is 10.5. The van der Waals surface area contributed by atoms with Crippen molar-refractivity contribution in [3.05, 3.63) is 0 Å². The van der Waals surface area contributed by atoms with Crippen molar-refractivity contribution in [2.24, 2.45) is 17.1 Å². The molecule has 13 heavy (non-hydrogen) atoms. The van der Waals surface area contributed by atoms with Crippen molar-refractivity contribution in [3.63, 3.8) is 0 Å². The highest BCUT2D eigenvalue weighted by molar-refractivity contribution is 5.82. The van der Waals surface area contributed by atoms with Crippen molar-refractivity contribution in [3.8, 4) is 6.07 Å². The zero-order valence-electron chi connectivity index (χ0n) is 8.42. The average Bonchev–Trinajstić information content (AvgIpc) is 2.13. The summed E-state index contributed by atoms with van der Waals surface area (Å²) in [7, 11) is 0. The van der Waals surface area contributed by atoms with Crippen molar-refractivity contribution < 1.29 is 4.79 Å². The minimum absolute atomic E-state index is 0.0999. The molecule has 0 rings (SSSR count). The van der Waals surface area contributed by atoms with Gasteiger partial charge in [0.1, 0.15) is 0 Å². The van der Waals surface area contributed by atoms with Gasteiger partial charge in [-0.1, -0.05) is 0 Å². The van der Waals surface area contributed by atoms with E-state index in [2.05, 4.69) is 5.32 Å². The summed E-state index contributed by atoms with van der Waals surface area (Å²) in [5.74, 6) is -0.255. The fourth-order valence-corrected chi connectivity index (χ4v) is 0.623. The maximum atomic E-state index is 11.4. The molecule has 0 aliphatic rings. The molecule has 0 radical (unpaired) electrons. The van der Waals surface area contributed by atoms with Crippen LogP contribution in [0, 0.1) is 22.7 Å². The second-order valence-electron chi connectivity index (χ2n) is 3.83. The van der Waals surface area contributed by atoms with Gasteiger partial charge in [-0.2, -0.15) is 5.26 Å². The SMILES string of the molecule is CC(C#N)CNC(=O)C(C)(C)CN. The van der Waals surface area contributed by atoms with Crippen LogP contribution in [0.15, 0.2) is 0 Å². The number of nitriles is 1. The monoisotopic (exact) mass is 183 g/mol. The van der Waals surface area contributed by atoms with Gasteiger partial charge in [0, 0.05) is 13.1 Å². The lowest BCUT2D eigenvalue weighted by Crippen LogP contribution is -2.43. The molecule has 0 aromatic heterocycles. The summed E-state index contributed by atoms with van der Waals surface area (Å²) in [5, 5.41) is 11.2. The first-order valence-electron chi connectivity index (χ1n) is 4.32. The van der Waals surface area contributed by atoms with Gasteiger partial charge in [-0.3, -0.25) is 4.79 Å². The Labute approximate surface area is 79.1 Å². The number of hydrogen-bond acceptors (Lipinski definition) is 3. The van der Waals surface area contributed by atoms with Crippen molar-refractivity contribution in [2.45, 2.75) is 20.8 Å². The van der Waals surface area contributed by atoms with Crippen LogP contribution in [0.5, 0.6) is 0 Å². The van der Waals surface area contributed by atoms with Gasteiger partial charge in [0.15, 0.2) is 0 Å². The number of nitrogens with two attached hydrogens (primary N) is 1. The number of carbonyl (C=O) groups is 1. The molecule has 3 N–H and O–H groups in total. The molecule has 1 atom stereocenters. The molecular weight excluding hydrogens is 166 g/mol. The molecule has 0 saturated heterocycles. The standard InChI is InChI=1S/C9H17N3O/c1-7(4-10)5-12-8(13)9(2,3)6-11/h7H,5-6,11H2,1-3H3,(H,12,13). The van der Waals surface area contributed by atoms with Gasteiger partial charge in [-0.15, -0.1) is 0 Å². The van der Waals surface area contributed by atoms with Crippen molar-refractivity contribution in [1.29, 1.82) is 5.26 Å². The zero-order valence-corrected chi connectivity index (χ0v) is 8.42. The van der Waals surface area contributed by atoms with Gasteiger partial charge in [0.2, 0.25) is 5.91 Å². The third kappa shape index (κ3) is 3.90. The summed E-state index contributed by atoms with van der Waals surface area (Å²) in [4.78, 5) is 11.4. The quantitative estimate of drug-likeness (QED) is 0.655. The topological polar surface area (TPSA) is 78.9 Å². The van der Waals surface area contributed by atoms with Gasteiger partial charge in [-0.05, 0) is 20.8 Å². The lowest BCUT2D eigenvalue weighted by molar-refractivity contribution is -0.128. The highest BCUT2D eigenvalue weighted by Crippen LogP contribution is 2.11. The van der Waals surface area contributed by atoms with Gasteiger partial charge in [0.05, 0.1) is 17.4 Å². The maximum absolute atomic E-state index is 11.4. The molecular formula is C9H17N3O. The van der Waals surface area contributed by atoms with Crippen LogP contribution in [-0.4, -0.2) is 19.0 Å². The van der Waals surface area contributed by atoms with E-state index in [-0.39, 0.29) is 11.8 Å². The third-order valence-corrected chi connectivity index (χ3v) is 1.91. The van der Waals surface area contributed by atoms with E-state index >= 15 is 0 Å². The molecule has 0 bridgehead atoms. The van der Waals surface area contributed by atoms with Crippen LogP contribution in [0.2, 0.25) is 0 Å². The second-order valence-corrected chi connectivity index (χ2v) is 3.83. The number of nitrogens with zero attached hydrogens (tertiary/aromatic N) is 1. The second kappa shape index (κ2) is 4.83. The van der Waals surface area contributed by atoms with Crippen LogP contribution in [0.4, 0.5) is 0 Å². The van der Waals surface area contributed by atoms with E-state index < -0.39 is 5.41 Å². The van der Waals surface area contributed by atoms with Crippen molar-refractivity contribution in [2.75, 3.05) is 13.1 Å². The first-order valence-corrected chi connectivity index (χ1v) is 4.32. The summed E-state index contributed by atoms with van der Waals surface area (Å²) in [5.41, 5.74) is 4.87. The Balaban J connectivity index is 3.97. The smallest absolute Gasteiger partial charge is 0.226 e. The fourth-order valence-electron chi connectivity index (χ4n) is 0.623. The van der Waals surface area contributed by atoms with E-state index in [0.29, 0.717) is 13.1 Å². The molecule has 0 aromatic carbocycles. The molecule has 0 spiro atoms. The van der Waals surface area contributed by atoms with Gasteiger partial charge >= 0.3 is 0 Å². The summed E-state index contributed by atoms with van der Waals surface area (Å²) in [6.45, 7) is 6.01. The van der Waals surface area contributed by atoms with E-state index in [1.165, 1.54) is 0 Å². The van der Waals surface area contributed by atoms with E-state index in [4.69, 9.17) is 11.0 Å². The number of nitrogens with one attached hydrogen (secondary N) is 1. The van der Waals surface area contributed by atoms with E-state index in [9.17, 15) is 4.79 Å². The number of amides is 1. The molecule has 0 heterocycles. The minimum Gasteiger partial charge on any atom is -0.354 e. The van der Waals surface area contributed by atoms with E-state index in [1.54, 1.807) is 20.8 Å². The lowest BCUT2D eigenvalue weighted by Gasteiger charge is -2.21. The Kier molecular flexibility index (Phi) is 4.43. The summed E-state index contributed by atoms with van der Waals surface area (Å²) < 4.78 is 0. The highest BCUT2D eigenvalue weighted by Gasteiger charge is 2.25. The normalized spacial score (nSPS) is 13.2. The van der Waals surface area contributed by atoms with Gasteiger partial charge in [-0.25, -0.2) is 0 Å². The molecule has 74 valence electrons. The summed E-state index contributed by atoms with van der Waals surface area (Å²) in [6.07, 6.45) is 0. The molecule has 1 unspecified atom stereocenters. The summed E-state index contributed by atoms with van der Waals surface area (Å²) in [6, 6.07) is 2.04. The summed E-state index contributed by atoms with van der Waals surface area (Å²) >= 11 is 0. The first kappa shape index (κ1) is 11.9. The number of rotatable bonds is 4. The Bertz CT molecular complexity index is 217. The molecule has 0 fully saturated rings. The maximum Gasteiger partial charge on any atom is 0.226 e. The molecule has 0 saturated carbocycles. The van der Waals surface area contributed by atoms with Crippen LogP contribution >= 0.6 is 0 Å². The van der Waals surface area contributed by atoms with Crippen LogP contribution in [0.3, 0.4) is 0 Å².